The van der Waals surface area contributed by atoms with Crippen molar-refractivity contribution in [3.8, 4) is 28.3 Å². The van der Waals surface area contributed by atoms with E-state index in [1.54, 1.807) is 17.7 Å². The highest BCUT2D eigenvalue weighted by molar-refractivity contribution is 7.14. The van der Waals surface area contributed by atoms with Crippen molar-refractivity contribution in [2.24, 2.45) is 15.7 Å². The predicted octanol–water partition coefficient (Wildman–Crippen LogP) is 2.74. The minimum absolute atomic E-state index is 0.0777. The molecule has 0 fully saturated rings. The molecule has 0 saturated carbocycles. The zero-order valence-electron chi connectivity index (χ0n) is 16.9. The van der Waals surface area contributed by atoms with Crippen LogP contribution in [-0.4, -0.2) is 51.1 Å². The minimum Gasteiger partial charge on any atom is -0.492 e. The maximum atomic E-state index is 9.11. The number of aromatic nitrogens is 3. The number of aliphatic imine (C=N–C) groups is 2. The van der Waals surface area contributed by atoms with Crippen LogP contribution in [0.15, 0.2) is 40.7 Å². The quantitative estimate of drug-likeness (QED) is 0.483. The van der Waals surface area contributed by atoms with Gasteiger partial charge in [0, 0.05) is 41.2 Å². The average molecular weight is 425 g/mol. The summed E-state index contributed by atoms with van der Waals surface area (Å²) in [5, 5.41) is 9.87. The molecule has 0 radical (unpaired) electrons. The summed E-state index contributed by atoms with van der Waals surface area (Å²) in [6, 6.07) is 6.13. The van der Waals surface area contributed by atoms with Crippen LogP contribution >= 0.6 is 11.3 Å². The van der Waals surface area contributed by atoms with E-state index in [0.717, 1.165) is 44.6 Å². The Hall–Kier alpha value is -3.04. The van der Waals surface area contributed by atoms with Crippen LogP contribution in [0.5, 0.6) is 5.75 Å². The Bertz CT molecular complexity index is 1100. The van der Waals surface area contributed by atoms with E-state index in [1.165, 1.54) is 6.34 Å². The first-order chi connectivity index (χ1) is 14.6. The molecule has 0 unspecified atom stereocenters. The Morgan fingerprint density at radius 2 is 2.30 bits per heavy atom. The van der Waals surface area contributed by atoms with Crippen LogP contribution in [0.4, 0.5) is 0 Å². The van der Waals surface area contributed by atoms with Crippen molar-refractivity contribution < 1.29 is 9.84 Å². The number of hydrogen-bond acceptors (Lipinski definition) is 6. The summed E-state index contributed by atoms with van der Waals surface area (Å²) in [4.78, 5) is 19.2. The summed E-state index contributed by atoms with van der Waals surface area (Å²) >= 11 is 1.58. The molecule has 0 bridgehead atoms. The fraction of sp³-hybridized carbons (Fsp3) is 0.333. The summed E-state index contributed by atoms with van der Waals surface area (Å²) in [6.45, 7) is 5.16. The molecular formula is C21H24N6O2S. The number of fused-ring (bicyclic) bond motifs is 3. The Labute approximate surface area is 178 Å². The van der Waals surface area contributed by atoms with Crippen LogP contribution in [-0.2, 0) is 13.0 Å². The van der Waals surface area contributed by atoms with Crippen LogP contribution in [0.3, 0.4) is 0 Å². The zero-order valence-corrected chi connectivity index (χ0v) is 17.8. The van der Waals surface area contributed by atoms with E-state index in [9.17, 15) is 0 Å². The highest BCUT2D eigenvalue weighted by Gasteiger charge is 2.23. The lowest BCUT2D eigenvalue weighted by molar-refractivity contribution is 0.276. The lowest BCUT2D eigenvalue weighted by Gasteiger charge is -2.08. The molecule has 4 rings (SSSR count). The van der Waals surface area contributed by atoms with Crippen LogP contribution in [0.1, 0.15) is 23.7 Å². The third kappa shape index (κ3) is 4.12. The third-order valence-electron chi connectivity index (χ3n) is 4.58. The first-order valence-corrected chi connectivity index (χ1v) is 10.6. The number of hydrogen-bond donors (Lipinski definition) is 2. The molecule has 0 atom stereocenters. The lowest BCUT2D eigenvalue weighted by atomic mass is 10.1. The van der Waals surface area contributed by atoms with Crippen LogP contribution in [0, 0.1) is 0 Å². The second kappa shape index (κ2) is 8.76. The largest absolute Gasteiger partial charge is 0.492 e. The maximum Gasteiger partial charge on any atom is 0.185 e. The summed E-state index contributed by atoms with van der Waals surface area (Å²) in [7, 11) is 0. The van der Waals surface area contributed by atoms with Gasteiger partial charge in [-0.25, -0.2) is 15.0 Å². The van der Waals surface area contributed by atoms with Crippen molar-refractivity contribution in [3.05, 3.63) is 40.6 Å². The molecule has 3 aromatic rings. The monoisotopic (exact) mass is 424 g/mol. The van der Waals surface area contributed by atoms with Gasteiger partial charge in [0.2, 0.25) is 0 Å². The first kappa shape index (κ1) is 20.2. The Balaban J connectivity index is 1.72. The van der Waals surface area contributed by atoms with Gasteiger partial charge in [0.25, 0.3) is 0 Å². The molecule has 30 heavy (non-hydrogen) atoms. The van der Waals surface area contributed by atoms with E-state index in [-0.39, 0.29) is 12.6 Å². The fourth-order valence-corrected chi connectivity index (χ4v) is 4.29. The minimum atomic E-state index is 0.0777. The van der Waals surface area contributed by atoms with Gasteiger partial charge in [0.1, 0.15) is 5.75 Å². The molecule has 156 valence electrons. The molecule has 9 heteroatoms. The maximum absolute atomic E-state index is 9.11. The number of rotatable bonds is 5. The fourth-order valence-electron chi connectivity index (χ4n) is 3.28. The normalized spacial score (nSPS) is 13.9. The molecule has 0 saturated heterocycles. The SMILES string of the molecule is CC(C)N=C(N=CN)c1nc2c(s1)CCOc1cc(-c3cn(CCO)cn3)ccc1-2. The van der Waals surface area contributed by atoms with Gasteiger partial charge >= 0.3 is 0 Å². The van der Waals surface area contributed by atoms with Crippen molar-refractivity contribution in [1.82, 2.24) is 14.5 Å². The predicted molar refractivity (Wildman–Crippen MR) is 119 cm³/mol. The molecule has 1 aromatic carbocycles. The van der Waals surface area contributed by atoms with E-state index < -0.39 is 0 Å². The van der Waals surface area contributed by atoms with Crippen LogP contribution in [0.2, 0.25) is 0 Å². The summed E-state index contributed by atoms with van der Waals surface area (Å²) in [5.41, 5.74) is 9.17. The molecule has 1 aliphatic rings. The van der Waals surface area contributed by atoms with E-state index in [1.807, 2.05) is 42.8 Å². The number of nitrogens with two attached hydrogens (primary N) is 1. The van der Waals surface area contributed by atoms with Crippen molar-refractivity contribution in [2.75, 3.05) is 13.2 Å². The van der Waals surface area contributed by atoms with E-state index in [2.05, 4.69) is 15.0 Å². The van der Waals surface area contributed by atoms with E-state index in [0.29, 0.717) is 19.0 Å². The second-order valence-corrected chi connectivity index (χ2v) is 8.23. The molecule has 3 N–H and O–H groups in total. The number of aliphatic hydroxyl groups is 1. The van der Waals surface area contributed by atoms with Crippen molar-refractivity contribution in [1.29, 1.82) is 0 Å². The molecule has 8 nitrogen and oxygen atoms in total. The highest BCUT2D eigenvalue weighted by Crippen LogP contribution is 2.39. The number of aliphatic hydroxyl groups excluding tert-OH is 1. The highest BCUT2D eigenvalue weighted by atomic mass is 32.1. The third-order valence-corrected chi connectivity index (χ3v) is 5.69. The molecule has 0 amide bonds. The standard InChI is InChI=1S/C21H24N6O2S/c1-13(2)25-20(23-11-22)21-26-19-15-4-3-14(16-10-27(6-7-28)12-24-16)9-17(15)29-8-5-18(19)30-21/h3-4,9-13,28H,5-8H2,1-2H3,(H2,22,23,25). The topological polar surface area (TPSA) is 111 Å². The lowest BCUT2D eigenvalue weighted by Crippen LogP contribution is -2.05. The molecule has 1 aliphatic heterocycles. The van der Waals surface area contributed by atoms with Gasteiger partial charge in [-0.15, -0.1) is 11.3 Å². The molecule has 0 spiro atoms. The Morgan fingerprint density at radius 3 is 3.07 bits per heavy atom. The molecule has 3 heterocycles. The number of nitrogens with zero attached hydrogens (tertiary/aromatic N) is 5. The van der Waals surface area contributed by atoms with Crippen molar-refractivity contribution in [3.63, 3.8) is 0 Å². The van der Waals surface area contributed by atoms with E-state index >= 15 is 0 Å². The van der Waals surface area contributed by atoms with Gasteiger partial charge in [-0.1, -0.05) is 6.07 Å². The number of thiazole rings is 1. The van der Waals surface area contributed by atoms with Crippen molar-refractivity contribution >= 4 is 23.5 Å². The van der Waals surface area contributed by atoms with Gasteiger partial charge in [-0.05, 0) is 26.0 Å². The Morgan fingerprint density at radius 1 is 1.43 bits per heavy atom. The van der Waals surface area contributed by atoms with Crippen molar-refractivity contribution in [2.45, 2.75) is 32.9 Å². The van der Waals surface area contributed by atoms with Gasteiger partial charge < -0.3 is 20.1 Å². The van der Waals surface area contributed by atoms with Gasteiger partial charge in [0.05, 0.1) is 37.3 Å². The zero-order chi connectivity index (χ0) is 21.1. The molecule has 2 aromatic heterocycles. The average Bonchev–Trinajstić information content (AvgIpc) is 3.32. The molecular weight excluding hydrogens is 400 g/mol. The number of amidine groups is 1. The summed E-state index contributed by atoms with van der Waals surface area (Å²) < 4.78 is 7.89. The van der Waals surface area contributed by atoms with Crippen LogP contribution in [0.25, 0.3) is 22.5 Å². The smallest absolute Gasteiger partial charge is 0.185 e. The summed E-state index contributed by atoms with van der Waals surface area (Å²) in [6.07, 6.45) is 5.66. The van der Waals surface area contributed by atoms with Gasteiger partial charge in [-0.3, -0.25) is 4.99 Å². The summed E-state index contributed by atoms with van der Waals surface area (Å²) in [5.74, 6) is 1.34. The van der Waals surface area contributed by atoms with E-state index in [4.69, 9.17) is 20.6 Å². The first-order valence-electron chi connectivity index (χ1n) is 9.81. The van der Waals surface area contributed by atoms with Crippen LogP contribution < -0.4 is 10.5 Å². The van der Waals surface area contributed by atoms with Gasteiger partial charge in [-0.2, -0.15) is 0 Å². The number of benzene rings is 1. The second-order valence-electron chi connectivity index (χ2n) is 7.15. The molecule has 0 aliphatic carbocycles. The number of ether oxygens (including phenoxy) is 1. The number of imidazole rings is 1. The van der Waals surface area contributed by atoms with Gasteiger partial charge in [0.15, 0.2) is 10.8 Å². The Kier molecular flexibility index (Phi) is 5.91.